The largest absolute Gasteiger partial charge is 0.487 e. The Morgan fingerprint density at radius 3 is 2.81 bits per heavy atom. The summed E-state index contributed by atoms with van der Waals surface area (Å²) in [6.45, 7) is 5.53. The summed E-state index contributed by atoms with van der Waals surface area (Å²) in [5.41, 5.74) is 1.44. The predicted molar refractivity (Wildman–Crippen MR) is 66.1 cm³/mol. The van der Waals surface area contributed by atoms with Crippen molar-refractivity contribution in [1.82, 2.24) is 0 Å². The van der Waals surface area contributed by atoms with Gasteiger partial charge in [0.25, 0.3) is 0 Å². The zero-order chi connectivity index (χ0) is 12.0. The molecule has 0 radical (unpaired) electrons. The highest BCUT2D eigenvalue weighted by molar-refractivity contribution is 6.19. The Balaban J connectivity index is 2.70. The number of hydrogen-bond acceptors (Lipinski definition) is 2. The molecule has 0 bridgehead atoms. The van der Waals surface area contributed by atoms with Crippen LogP contribution in [-0.2, 0) is 4.79 Å². The van der Waals surface area contributed by atoms with Crippen LogP contribution in [-0.4, -0.2) is 18.4 Å². The van der Waals surface area contributed by atoms with E-state index >= 15 is 0 Å². The van der Waals surface area contributed by atoms with Gasteiger partial charge in [-0.15, -0.1) is 11.6 Å². The number of carbonyl (C=O) groups excluding carboxylic acids is 1. The minimum atomic E-state index is -0.132. The number of carbonyl (C=O) groups is 1. The van der Waals surface area contributed by atoms with E-state index in [-0.39, 0.29) is 5.91 Å². The molecule has 0 spiro atoms. The second-order valence-electron chi connectivity index (χ2n) is 3.35. The van der Waals surface area contributed by atoms with Crippen molar-refractivity contribution in [3.05, 3.63) is 36.4 Å². The van der Waals surface area contributed by atoms with Gasteiger partial charge in [-0.3, -0.25) is 4.79 Å². The van der Waals surface area contributed by atoms with E-state index in [4.69, 9.17) is 16.3 Å². The Bertz CT molecular complexity index is 390. The molecular weight excluding hydrogens is 226 g/mol. The number of halogens is 1. The Hall–Kier alpha value is -1.48. The summed E-state index contributed by atoms with van der Waals surface area (Å²) in [5.74, 6) is 0.846. The van der Waals surface area contributed by atoms with Gasteiger partial charge in [-0.05, 0) is 17.7 Å². The fraction of sp³-hybridized carbons (Fsp3) is 0.250. The maximum absolute atomic E-state index is 11.0. The lowest BCUT2D eigenvalue weighted by atomic mass is 10.3. The van der Waals surface area contributed by atoms with Gasteiger partial charge in [-0.1, -0.05) is 18.7 Å². The summed E-state index contributed by atoms with van der Waals surface area (Å²) in [6, 6.07) is 7.23. The molecule has 0 heterocycles. The standard InChI is InChI=1S/C12H14ClNO2/c1-9(7-13)8-16-12-6-4-3-5-11(12)14-10(2)15/h3-6H,1,7-8H2,2H3,(H,14,15). The minimum Gasteiger partial charge on any atom is -0.487 e. The van der Waals surface area contributed by atoms with Gasteiger partial charge in [0.2, 0.25) is 5.91 Å². The quantitative estimate of drug-likeness (QED) is 0.634. The van der Waals surface area contributed by atoms with Crippen LogP contribution < -0.4 is 10.1 Å². The number of nitrogens with one attached hydrogen (secondary N) is 1. The first-order valence-electron chi connectivity index (χ1n) is 4.85. The van der Waals surface area contributed by atoms with Gasteiger partial charge in [-0.2, -0.15) is 0 Å². The van der Waals surface area contributed by atoms with Crippen molar-refractivity contribution in [1.29, 1.82) is 0 Å². The van der Waals surface area contributed by atoms with E-state index in [1.54, 1.807) is 12.1 Å². The summed E-state index contributed by atoms with van der Waals surface area (Å²) < 4.78 is 5.49. The summed E-state index contributed by atoms with van der Waals surface area (Å²) in [6.07, 6.45) is 0. The first-order chi connectivity index (χ1) is 7.63. The van der Waals surface area contributed by atoms with Gasteiger partial charge in [-0.25, -0.2) is 0 Å². The molecule has 0 aromatic heterocycles. The maximum atomic E-state index is 11.0. The molecule has 0 aliphatic carbocycles. The molecule has 0 aliphatic rings. The first kappa shape index (κ1) is 12.6. The van der Waals surface area contributed by atoms with Crippen LogP contribution in [0.3, 0.4) is 0 Å². The Morgan fingerprint density at radius 2 is 2.19 bits per heavy atom. The number of anilines is 1. The van der Waals surface area contributed by atoms with E-state index in [2.05, 4.69) is 11.9 Å². The lowest BCUT2D eigenvalue weighted by Crippen LogP contribution is -2.09. The summed E-state index contributed by atoms with van der Waals surface area (Å²) >= 11 is 5.59. The van der Waals surface area contributed by atoms with Crippen molar-refractivity contribution >= 4 is 23.2 Å². The third-order valence-electron chi connectivity index (χ3n) is 1.82. The lowest BCUT2D eigenvalue weighted by Gasteiger charge is -2.11. The van der Waals surface area contributed by atoms with Crippen molar-refractivity contribution in [2.45, 2.75) is 6.92 Å². The fourth-order valence-corrected chi connectivity index (χ4v) is 1.18. The molecule has 0 saturated carbocycles. The van der Waals surface area contributed by atoms with Gasteiger partial charge >= 0.3 is 0 Å². The van der Waals surface area contributed by atoms with E-state index in [1.165, 1.54) is 6.92 Å². The third kappa shape index (κ3) is 3.95. The van der Waals surface area contributed by atoms with Crippen molar-refractivity contribution in [2.75, 3.05) is 17.8 Å². The molecule has 1 amide bonds. The Kier molecular flexibility index (Phi) is 4.86. The normalized spacial score (nSPS) is 9.62. The number of rotatable bonds is 5. The van der Waals surface area contributed by atoms with Crippen molar-refractivity contribution in [3.8, 4) is 5.75 Å². The van der Waals surface area contributed by atoms with Crippen molar-refractivity contribution < 1.29 is 9.53 Å². The number of para-hydroxylation sites is 2. The highest BCUT2D eigenvalue weighted by atomic mass is 35.5. The average molecular weight is 240 g/mol. The molecular formula is C12H14ClNO2. The summed E-state index contributed by atoms with van der Waals surface area (Å²) in [5, 5.41) is 2.69. The second-order valence-corrected chi connectivity index (χ2v) is 3.62. The molecule has 0 fully saturated rings. The van der Waals surface area contributed by atoms with Crippen LogP contribution in [0.15, 0.2) is 36.4 Å². The molecule has 0 saturated heterocycles. The first-order valence-corrected chi connectivity index (χ1v) is 5.39. The fourth-order valence-electron chi connectivity index (χ4n) is 1.10. The third-order valence-corrected chi connectivity index (χ3v) is 2.20. The van der Waals surface area contributed by atoms with Gasteiger partial charge < -0.3 is 10.1 Å². The van der Waals surface area contributed by atoms with Crippen LogP contribution in [0.1, 0.15) is 6.92 Å². The molecule has 0 unspecified atom stereocenters. The SMILES string of the molecule is C=C(CCl)COc1ccccc1NC(C)=O. The van der Waals surface area contributed by atoms with Crippen LogP contribution in [0.5, 0.6) is 5.75 Å². The highest BCUT2D eigenvalue weighted by Crippen LogP contribution is 2.23. The van der Waals surface area contributed by atoms with Crippen LogP contribution in [0.25, 0.3) is 0 Å². The average Bonchev–Trinajstić information content (AvgIpc) is 2.26. The Labute approximate surface area is 100 Å². The molecule has 1 aromatic rings. The van der Waals surface area contributed by atoms with Gasteiger partial charge in [0, 0.05) is 12.8 Å². The van der Waals surface area contributed by atoms with Crippen LogP contribution >= 0.6 is 11.6 Å². The van der Waals surface area contributed by atoms with Gasteiger partial charge in [0.15, 0.2) is 0 Å². The lowest BCUT2D eigenvalue weighted by molar-refractivity contribution is -0.114. The minimum absolute atomic E-state index is 0.132. The molecule has 86 valence electrons. The van der Waals surface area contributed by atoms with Crippen LogP contribution in [0.2, 0.25) is 0 Å². The summed E-state index contributed by atoms with van der Waals surface area (Å²) in [7, 11) is 0. The topological polar surface area (TPSA) is 38.3 Å². The van der Waals surface area contributed by atoms with Crippen LogP contribution in [0.4, 0.5) is 5.69 Å². The number of hydrogen-bond donors (Lipinski definition) is 1. The molecule has 16 heavy (non-hydrogen) atoms. The predicted octanol–water partition coefficient (Wildman–Crippen LogP) is 2.82. The molecule has 1 rings (SSSR count). The number of amides is 1. The zero-order valence-corrected chi connectivity index (χ0v) is 9.88. The number of ether oxygens (including phenoxy) is 1. The maximum Gasteiger partial charge on any atom is 0.221 e. The van der Waals surface area contributed by atoms with E-state index in [9.17, 15) is 4.79 Å². The zero-order valence-electron chi connectivity index (χ0n) is 9.13. The summed E-state index contributed by atoms with van der Waals surface area (Å²) in [4.78, 5) is 11.0. The van der Waals surface area contributed by atoms with Crippen molar-refractivity contribution in [2.24, 2.45) is 0 Å². The van der Waals surface area contributed by atoms with E-state index in [1.807, 2.05) is 12.1 Å². The molecule has 1 aromatic carbocycles. The molecule has 1 N–H and O–H groups in total. The smallest absolute Gasteiger partial charge is 0.221 e. The molecule has 0 aliphatic heterocycles. The van der Waals surface area contributed by atoms with Gasteiger partial charge in [0.1, 0.15) is 12.4 Å². The van der Waals surface area contributed by atoms with E-state index in [0.29, 0.717) is 23.9 Å². The Morgan fingerprint density at radius 1 is 1.50 bits per heavy atom. The van der Waals surface area contributed by atoms with Crippen molar-refractivity contribution in [3.63, 3.8) is 0 Å². The highest BCUT2D eigenvalue weighted by Gasteiger charge is 2.04. The second kappa shape index (κ2) is 6.18. The van der Waals surface area contributed by atoms with E-state index in [0.717, 1.165) is 5.57 Å². The van der Waals surface area contributed by atoms with Gasteiger partial charge in [0.05, 0.1) is 5.69 Å². The molecule has 3 nitrogen and oxygen atoms in total. The number of alkyl halides is 1. The monoisotopic (exact) mass is 239 g/mol. The van der Waals surface area contributed by atoms with E-state index < -0.39 is 0 Å². The molecule has 4 heteroatoms. The number of benzene rings is 1. The molecule has 0 atom stereocenters. The van der Waals surface area contributed by atoms with Crippen LogP contribution in [0, 0.1) is 0 Å².